The van der Waals surface area contributed by atoms with Gasteiger partial charge in [-0.2, -0.15) is 0 Å². The van der Waals surface area contributed by atoms with Gasteiger partial charge in [0.1, 0.15) is 6.23 Å². The zero-order valence-corrected chi connectivity index (χ0v) is 9.85. The van der Waals surface area contributed by atoms with Gasteiger partial charge in [0.2, 0.25) is 8.32 Å². The van der Waals surface area contributed by atoms with Gasteiger partial charge in [-0.15, -0.1) is 0 Å². The van der Waals surface area contributed by atoms with Gasteiger partial charge in [0, 0.05) is 12.7 Å². The number of hydrogen-bond acceptors (Lipinski definition) is 3. The van der Waals surface area contributed by atoms with Crippen molar-refractivity contribution in [1.82, 2.24) is 0 Å². The van der Waals surface area contributed by atoms with Crippen molar-refractivity contribution >= 4 is 14.3 Å². The molecule has 0 amide bonds. The summed E-state index contributed by atoms with van der Waals surface area (Å²) in [6.45, 7) is 9.23. The van der Waals surface area contributed by atoms with Crippen molar-refractivity contribution in [3.05, 3.63) is 12.2 Å². The quantitative estimate of drug-likeness (QED) is 0.388. The van der Waals surface area contributed by atoms with Crippen LogP contribution in [0.3, 0.4) is 0 Å². The van der Waals surface area contributed by atoms with Gasteiger partial charge in [0.25, 0.3) is 0 Å². The predicted octanol–water partition coefficient (Wildman–Crippen LogP) is 1.89. The summed E-state index contributed by atoms with van der Waals surface area (Å²) >= 11 is 0. The molecule has 0 fully saturated rings. The molecule has 0 aromatic rings. The molecule has 0 radical (unpaired) electrons. The van der Waals surface area contributed by atoms with Crippen LogP contribution in [0, 0.1) is 0 Å². The van der Waals surface area contributed by atoms with E-state index in [1.54, 1.807) is 14.0 Å². The van der Waals surface area contributed by atoms with Gasteiger partial charge < -0.3 is 9.16 Å². The second kappa shape index (κ2) is 5.19. The number of rotatable bonds is 5. The summed E-state index contributed by atoms with van der Waals surface area (Å²) in [6, 6.07) is 0.937. The minimum atomic E-state index is -1.79. The third kappa shape index (κ3) is 4.24. The number of hydrogen-bond donors (Lipinski definition) is 0. The fourth-order valence-corrected chi connectivity index (χ4v) is 1.69. The Morgan fingerprint density at radius 2 is 2.08 bits per heavy atom. The Balaban J connectivity index is 4.00. The Bertz CT molecular complexity index is 197. The molecule has 13 heavy (non-hydrogen) atoms. The van der Waals surface area contributed by atoms with E-state index in [0.29, 0.717) is 11.8 Å². The minimum absolute atomic E-state index is 0.329. The molecule has 1 unspecified atom stereocenters. The fraction of sp³-hybridized carbons (Fsp3) is 0.667. The molecule has 0 bridgehead atoms. The van der Waals surface area contributed by atoms with Gasteiger partial charge >= 0.3 is 5.97 Å². The van der Waals surface area contributed by atoms with Crippen LogP contribution in [0.1, 0.15) is 13.8 Å². The van der Waals surface area contributed by atoms with E-state index in [1.165, 1.54) is 0 Å². The molecule has 0 saturated carbocycles. The second-order valence-corrected chi connectivity index (χ2v) is 7.67. The first-order valence-electron chi connectivity index (χ1n) is 4.33. The van der Waals surface area contributed by atoms with Crippen molar-refractivity contribution in [1.29, 1.82) is 0 Å². The molecule has 0 spiro atoms. The Hall–Kier alpha value is -0.613. The first kappa shape index (κ1) is 12.4. The van der Waals surface area contributed by atoms with E-state index < -0.39 is 8.32 Å². The maximum Gasteiger partial charge on any atom is 0.332 e. The van der Waals surface area contributed by atoms with Gasteiger partial charge in [-0.25, -0.2) is 4.79 Å². The van der Waals surface area contributed by atoms with E-state index in [1.807, 2.05) is 13.5 Å². The third-order valence-corrected chi connectivity index (χ3v) is 5.33. The molecule has 1 atom stereocenters. The molecule has 0 rings (SSSR count). The van der Waals surface area contributed by atoms with Crippen molar-refractivity contribution in [2.45, 2.75) is 26.4 Å². The highest BCUT2D eigenvalue weighted by molar-refractivity contribution is 6.72. The molecular weight excluding hydrogens is 184 g/mol. The molecule has 0 N–H and O–H groups in total. The molecular formula is C9H18O3Si. The molecule has 0 aromatic carbocycles. The third-order valence-electron chi connectivity index (χ3n) is 2.10. The summed E-state index contributed by atoms with van der Waals surface area (Å²) in [5.74, 6) is -0.329. The standard InChI is InChI=1S/C9H18O3Si/c1-6-13(5,11-4)7-12-9(10)8(2)3/h2,6-7H2,1,3-5H3. The van der Waals surface area contributed by atoms with E-state index >= 15 is 0 Å². The molecule has 0 aliphatic carbocycles. The molecule has 4 heteroatoms. The molecule has 0 saturated heterocycles. The lowest BCUT2D eigenvalue weighted by Crippen LogP contribution is -2.39. The van der Waals surface area contributed by atoms with Crippen LogP contribution in [0.25, 0.3) is 0 Å². The van der Waals surface area contributed by atoms with Crippen molar-refractivity contribution in [3.63, 3.8) is 0 Å². The largest absolute Gasteiger partial charge is 0.463 e. The van der Waals surface area contributed by atoms with Crippen LogP contribution in [0.4, 0.5) is 0 Å². The average molecular weight is 202 g/mol. The van der Waals surface area contributed by atoms with Crippen LogP contribution in [0.5, 0.6) is 0 Å². The van der Waals surface area contributed by atoms with Crippen LogP contribution < -0.4 is 0 Å². The number of esters is 1. The Kier molecular flexibility index (Phi) is 4.94. The highest BCUT2D eigenvalue weighted by Gasteiger charge is 2.27. The SMILES string of the molecule is C=C(C)C(=O)OC[Si](C)(CC)OC. The highest BCUT2D eigenvalue weighted by atomic mass is 28.4. The van der Waals surface area contributed by atoms with Crippen molar-refractivity contribution < 1.29 is 14.0 Å². The molecule has 76 valence electrons. The first-order chi connectivity index (χ1) is 5.95. The van der Waals surface area contributed by atoms with E-state index in [0.717, 1.165) is 6.04 Å². The minimum Gasteiger partial charge on any atom is -0.463 e. The van der Waals surface area contributed by atoms with Gasteiger partial charge in [0.15, 0.2) is 0 Å². The molecule has 0 heterocycles. The molecule has 0 aliphatic heterocycles. The van der Waals surface area contributed by atoms with Crippen LogP contribution >= 0.6 is 0 Å². The van der Waals surface area contributed by atoms with Crippen molar-refractivity contribution in [2.24, 2.45) is 0 Å². The Morgan fingerprint density at radius 3 is 2.38 bits per heavy atom. The van der Waals surface area contributed by atoms with E-state index in [2.05, 4.69) is 6.58 Å². The van der Waals surface area contributed by atoms with Crippen LogP contribution in [-0.2, 0) is 14.0 Å². The van der Waals surface area contributed by atoms with Gasteiger partial charge in [-0.05, 0) is 19.5 Å². The summed E-state index contributed by atoms with van der Waals surface area (Å²) in [6.07, 6.45) is 0.408. The number of carbonyl (C=O) groups excluding carboxylic acids is 1. The zero-order chi connectivity index (χ0) is 10.5. The molecule has 3 nitrogen and oxygen atoms in total. The van der Waals surface area contributed by atoms with E-state index in [9.17, 15) is 4.79 Å². The lowest BCUT2D eigenvalue weighted by Gasteiger charge is -2.22. The number of ether oxygens (including phenoxy) is 1. The van der Waals surface area contributed by atoms with E-state index in [4.69, 9.17) is 9.16 Å². The van der Waals surface area contributed by atoms with Crippen molar-refractivity contribution in [3.8, 4) is 0 Å². The second-order valence-electron chi connectivity index (χ2n) is 3.36. The lowest BCUT2D eigenvalue weighted by atomic mass is 10.4. The fourth-order valence-electron chi connectivity index (χ4n) is 0.647. The summed E-state index contributed by atoms with van der Waals surface area (Å²) in [7, 11) is -0.119. The maximum atomic E-state index is 11.1. The first-order valence-corrected chi connectivity index (χ1v) is 7.15. The van der Waals surface area contributed by atoms with Crippen molar-refractivity contribution in [2.75, 3.05) is 13.3 Å². The summed E-state index contributed by atoms with van der Waals surface area (Å²) in [5.41, 5.74) is 0.434. The smallest absolute Gasteiger partial charge is 0.332 e. The normalized spacial score (nSPS) is 14.8. The number of carbonyl (C=O) groups is 1. The molecule has 0 aromatic heterocycles. The van der Waals surface area contributed by atoms with Gasteiger partial charge in [-0.3, -0.25) is 0 Å². The predicted molar refractivity (Wildman–Crippen MR) is 54.9 cm³/mol. The van der Waals surface area contributed by atoms with Crippen LogP contribution in [-0.4, -0.2) is 27.6 Å². The Labute approximate surface area is 80.9 Å². The summed E-state index contributed by atoms with van der Waals surface area (Å²) in [4.78, 5) is 11.1. The van der Waals surface area contributed by atoms with Crippen LogP contribution in [0.2, 0.25) is 12.6 Å². The zero-order valence-electron chi connectivity index (χ0n) is 8.85. The van der Waals surface area contributed by atoms with Crippen LogP contribution in [0.15, 0.2) is 12.2 Å². The highest BCUT2D eigenvalue weighted by Crippen LogP contribution is 2.10. The molecule has 0 aliphatic rings. The van der Waals surface area contributed by atoms with Gasteiger partial charge in [0.05, 0.1) is 0 Å². The monoisotopic (exact) mass is 202 g/mol. The topological polar surface area (TPSA) is 35.5 Å². The Morgan fingerprint density at radius 1 is 1.54 bits per heavy atom. The summed E-state index contributed by atoms with van der Waals surface area (Å²) < 4.78 is 10.4. The van der Waals surface area contributed by atoms with E-state index in [-0.39, 0.29) is 5.97 Å². The summed E-state index contributed by atoms with van der Waals surface area (Å²) in [5, 5.41) is 0. The maximum absolute atomic E-state index is 11.1. The average Bonchev–Trinajstić information content (AvgIpc) is 2.13. The lowest BCUT2D eigenvalue weighted by molar-refractivity contribution is -0.137. The van der Waals surface area contributed by atoms with Gasteiger partial charge in [-0.1, -0.05) is 13.5 Å².